The summed E-state index contributed by atoms with van der Waals surface area (Å²) in [6.07, 6.45) is 0.981. The molecule has 0 spiro atoms. The third kappa shape index (κ3) is 4.83. The van der Waals surface area contributed by atoms with E-state index in [-0.39, 0.29) is 36.0 Å². The van der Waals surface area contributed by atoms with Gasteiger partial charge in [0.2, 0.25) is 20.0 Å². The molecule has 1 fully saturated rings. The van der Waals surface area contributed by atoms with Crippen LogP contribution in [0, 0.1) is 13.8 Å². The Morgan fingerprint density at radius 2 is 1.39 bits per heavy atom. The van der Waals surface area contributed by atoms with Crippen molar-refractivity contribution in [1.82, 2.24) is 8.61 Å². The van der Waals surface area contributed by atoms with Crippen molar-refractivity contribution in [2.24, 2.45) is 0 Å². The molecule has 0 radical (unpaired) electrons. The van der Waals surface area contributed by atoms with Gasteiger partial charge in [0.1, 0.15) is 0 Å². The predicted molar refractivity (Wildman–Crippen MR) is 124 cm³/mol. The van der Waals surface area contributed by atoms with Gasteiger partial charge in [-0.2, -0.15) is 8.61 Å². The van der Waals surface area contributed by atoms with E-state index < -0.39 is 20.0 Å². The van der Waals surface area contributed by atoms with E-state index in [4.69, 9.17) is 11.6 Å². The summed E-state index contributed by atoms with van der Waals surface area (Å²) in [4.78, 5) is 0.450. The van der Waals surface area contributed by atoms with E-state index >= 15 is 0 Å². The SMILES string of the molecule is CCC(C)c1ccc(S(=O)(=O)N2CCN(S(=O)(=O)c3cc(C)c(Cl)cc3C)CC2)cc1. The molecule has 0 N–H and O–H groups in total. The first kappa shape index (κ1) is 24.2. The van der Waals surface area contributed by atoms with Crippen LogP contribution in [-0.4, -0.2) is 51.6 Å². The average Bonchev–Trinajstić information content (AvgIpc) is 2.75. The van der Waals surface area contributed by atoms with E-state index in [9.17, 15) is 16.8 Å². The molecule has 0 bridgehead atoms. The van der Waals surface area contributed by atoms with Gasteiger partial charge < -0.3 is 0 Å². The molecule has 3 rings (SSSR count). The van der Waals surface area contributed by atoms with Gasteiger partial charge in [-0.15, -0.1) is 0 Å². The smallest absolute Gasteiger partial charge is 0.207 e. The fourth-order valence-electron chi connectivity index (χ4n) is 3.68. The molecule has 9 heteroatoms. The van der Waals surface area contributed by atoms with Gasteiger partial charge in [-0.3, -0.25) is 0 Å². The van der Waals surface area contributed by atoms with Crippen LogP contribution in [0.2, 0.25) is 5.02 Å². The fourth-order valence-corrected chi connectivity index (χ4v) is 7.03. The Morgan fingerprint density at radius 1 is 0.871 bits per heavy atom. The molecular formula is C22H29ClN2O4S2. The fraction of sp³-hybridized carbons (Fsp3) is 0.455. The maximum absolute atomic E-state index is 13.1. The quantitative estimate of drug-likeness (QED) is 0.616. The summed E-state index contributed by atoms with van der Waals surface area (Å²) in [5.41, 5.74) is 2.37. The van der Waals surface area contributed by atoms with Gasteiger partial charge in [-0.1, -0.05) is 37.6 Å². The zero-order valence-corrected chi connectivity index (χ0v) is 20.7. The molecule has 1 unspecified atom stereocenters. The molecule has 0 aromatic heterocycles. The molecule has 1 aliphatic heterocycles. The topological polar surface area (TPSA) is 74.8 Å². The first-order chi connectivity index (χ1) is 14.5. The summed E-state index contributed by atoms with van der Waals surface area (Å²) in [7, 11) is -7.40. The molecule has 0 amide bonds. The van der Waals surface area contributed by atoms with E-state index in [1.54, 1.807) is 38.1 Å². The second-order valence-electron chi connectivity index (χ2n) is 8.05. The highest BCUT2D eigenvalue weighted by molar-refractivity contribution is 7.89. The lowest BCUT2D eigenvalue weighted by Crippen LogP contribution is -2.50. The molecule has 6 nitrogen and oxygen atoms in total. The van der Waals surface area contributed by atoms with Crippen LogP contribution in [0.25, 0.3) is 0 Å². The maximum atomic E-state index is 13.1. The number of piperazine rings is 1. The van der Waals surface area contributed by atoms with Crippen molar-refractivity contribution in [2.75, 3.05) is 26.2 Å². The van der Waals surface area contributed by atoms with Gasteiger partial charge in [0.15, 0.2) is 0 Å². The maximum Gasteiger partial charge on any atom is 0.243 e. The van der Waals surface area contributed by atoms with Gasteiger partial charge in [0.25, 0.3) is 0 Å². The first-order valence-corrected chi connectivity index (χ1v) is 13.6. The Bertz CT molecular complexity index is 1150. The van der Waals surface area contributed by atoms with Crippen LogP contribution in [0.4, 0.5) is 0 Å². The van der Waals surface area contributed by atoms with E-state index in [1.165, 1.54) is 8.61 Å². The minimum Gasteiger partial charge on any atom is -0.207 e. The third-order valence-corrected chi connectivity index (χ3v) is 10.3. The summed E-state index contributed by atoms with van der Waals surface area (Å²) in [5.74, 6) is 0.366. The van der Waals surface area contributed by atoms with Crippen molar-refractivity contribution < 1.29 is 16.8 Å². The zero-order valence-electron chi connectivity index (χ0n) is 18.3. The van der Waals surface area contributed by atoms with E-state index in [0.29, 0.717) is 22.1 Å². The van der Waals surface area contributed by atoms with Gasteiger partial charge >= 0.3 is 0 Å². The van der Waals surface area contributed by atoms with Crippen LogP contribution in [0.15, 0.2) is 46.2 Å². The van der Waals surface area contributed by atoms with Gasteiger partial charge in [-0.25, -0.2) is 16.8 Å². The number of hydrogen-bond acceptors (Lipinski definition) is 4. The second kappa shape index (κ2) is 9.19. The van der Waals surface area contributed by atoms with Gasteiger partial charge in [0.05, 0.1) is 9.79 Å². The van der Waals surface area contributed by atoms with Crippen molar-refractivity contribution in [3.8, 4) is 0 Å². The number of aryl methyl sites for hydroxylation is 2. The highest BCUT2D eigenvalue weighted by Crippen LogP contribution is 2.28. The number of nitrogens with zero attached hydrogens (tertiary/aromatic N) is 2. The molecule has 31 heavy (non-hydrogen) atoms. The molecule has 170 valence electrons. The van der Waals surface area contributed by atoms with Gasteiger partial charge in [-0.05, 0) is 67.1 Å². The molecule has 0 aliphatic carbocycles. The molecular weight excluding hydrogens is 456 g/mol. The Labute approximate surface area is 190 Å². The van der Waals surface area contributed by atoms with Gasteiger partial charge in [0, 0.05) is 31.2 Å². The second-order valence-corrected chi connectivity index (χ2v) is 12.3. The van der Waals surface area contributed by atoms with Crippen molar-refractivity contribution >= 4 is 31.6 Å². The molecule has 1 atom stereocenters. The van der Waals surface area contributed by atoms with Crippen molar-refractivity contribution in [2.45, 2.75) is 49.8 Å². The number of sulfonamides is 2. The van der Waals surface area contributed by atoms with Crippen LogP contribution in [0.1, 0.15) is 42.9 Å². The Morgan fingerprint density at radius 3 is 1.90 bits per heavy atom. The number of benzene rings is 2. The molecule has 0 saturated carbocycles. The highest BCUT2D eigenvalue weighted by atomic mass is 35.5. The standard InChI is InChI=1S/C22H29ClN2O4S2/c1-5-16(2)19-6-8-20(9-7-19)30(26,27)24-10-12-25(13-11-24)31(28,29)22-15-17(3)21(23)14-18(22)4/h6-9,14-16H,5,10-13H2,1-4H3. The van der Waals surface area contributed by atoms with Crippen molar-refractivity contribution in [3.05, 3.63) is 58.1 Å². The Balaban J connectivity index is 1.76. The number of rotatable bonds is 6. The first-order valence-electron chi connectivity index (χ1n) is 10.4. The zero-order chi connectivity index (χ0) is 23.0. The predicted octanol–water partition coefficient (Wildman–Crippen LogP) is 4.17. The highest BCUT2D eigenvalue weighted by Gasteiger charge is 2.34. The molecule has 1 aliphatic rings. The van der Waals surface area contributed by atoms with Crippen LogP contribution in [0.5, 0.6) is 0 Å². The summed E-state index contributed by atoms with van der Waals surface area (Å²) in [5, 5.41) is 0.520. The normalized spacial score (nSPS) is 17.6. The lowest BCUT2D eigenvalue weighted by molar-refractivity contribution is 0.272. The number of hydrogen-bond donors (Lipinski definition) is 0. The van der Waals surface area contributed by atoms with E-state index in [2.05, 4.69) is 13.8 Å². The Kier molecular flexibility index (Phi) is 7.18. The molecule has 2 aromatic rings. The Hall–Kier alpha value is -1.45. The third-order valence-electron chi connectivity index (χ3n) is 5.97. The van der Waals surface area contributed by atoms with Crippen LogP contribution in [-0.2, 0) is 20.0 Å². The van der Waals surface area contributed by atoms with Crippen LogP contribution >= 0.6 is 11.6 Å². The van der Waals surface area contributed by atoms with Crippen LogP contribution in [0.3, 0.4) is 0 Å². The minimum atomic E-state index is -3.73. The summed E-state index contributed by atoms with van der Waals surface area (Å²) in [6, 6.07) is 10.2. The van der Waals surface area contributed by atoms with Crippen molar-refractivity contribution in [3.63, 3.8) is 0 Å². The van der Waals surface area contributed by atoms with Crippen LogP contribution < -0.4 is 0 Å². The molecule has 1 saturated heterocycles. The summed E-state index contributed by atoms with van der Waals surface area (Å²) < 4.78 is 55.1. The largest absolute Gasteiger partial charge is 0.243 e. The lowest BCUT2D eigenvalue weighted by Gasteiger charge is -2.33. The van der Waals surface area contributed by atoms with E-state index in [0.717, 1.165) is 12.0 Å². The summed E-state index contributed by atoms with van der Waals surface area (Å²) >= 11 is 6.10. The monoisotopic (exact) mass is 484 g/mol. The number of halogens is 1. The summed E-state index contributed by atoms with van der Waals surface area (Å²) in [6.45, 7) is 8.10. The van der Waals surface area contributed by atoms with Crippen molar-refractivity contribution in [1.29, 1.82) is 0 Å². The lowest BCUT2D eigenvalue weighted by atomic mass is 9.99. The molecule has 2 aromatic carbocycles. The minimum absolute atomic E-state index is 0.105. The van der Waals surface area contributed by atoms with E-state index in [1.807, 2.05) is 12.1 Å². The average molecular weight is 485 g/mol. The molecule has 1 heterocycles.